The van der Waals surface area contributed by atoms with Gasteiger partial charge in [0.2, 0.25) is 0 Å². The van der Waals surface area contributed by atoms with E-state index in [2.05, 4.69) is 29.9 Å². The molecule has 1 aromatic carbocycles. The molecule has 0 aliphatic rings. The fourth-order valence-electron chi connectivity index (χ4n) is 2.12. The number of benzene rings is 1. The average Bonchev–Trinajstić information content (AvgIpc) is 2.79. The van der Waals surface area contributed by atoms with Gasteiger partial charge >= 0.3 is 0 Å². The summed E-state index contributed by atoms with van der Waals surface area (Å²) in [6.45, 7) is 6.15. The first-order chi connectivity index (χ1) is 9.40. The Kier molecular flexibility index (Phi) is 4.68. The first-order valence-electron chi connectivity index (χ1n) is 6.61. The zero-order chi connectivity index (χ0) is 14.9. The molecule has 0 bridgehead atoms. The van der Waals surface area contributed by atoms with Crippen LogP contribution >= 0.6 is 22.9 Å². The predicted molar refractivity (Wildman–Crippen MR) is 87.7 cm³/mol. The summed E-state index contributed by atoms with van der Waals surface area (Å²) in [6.07, 6.45) is 0. The summed E-state index contributed by atoms with van der Waals surface area (Å²) in [4.78, 5) is 7.94. The van der Waals surface area contributed by atoms with Crippen molar-refractivity contribution in [1.82, 2.24) is 4.98 Å². The first kappa shape index (κ1) is 15.3. The fourth-order valence-corrected chi connectivity index (χ4v) is 3.38. The summed E-state index contributed by atoms with van der Waals surface area (Å²) >= 11 is 7.72. The molecule has 2 rings (SSSR count). The number of nitrogens with zero attached hydrogens (tertiary/aromatic N) is 2. The third kappa shape index (κ3) is 3.14. The molecule has 0 fully saturated rings. The minimum Gasteiger partial charge on any atom is -0.344 e. The van der Waals surface area contributed by atoms with Crippen molar-refractivity contribution in [2.24, 2.45) is 5.73 Å². The van der Waals surface area contributed by atoms with Crippen molar-refractivity contribution in [2.45, 2.75) is 32.9 Å². The number of hydrogen-bond donors (Lipinski definition) is 1. The SMILES string of the molecule is Cc1nc(N(C)C(C)c2cccc(Cl)c2)sc1C(C)N. The van der Waals surface area contributed by atoms with Gasteiger partial charge in [-0.3, -0.25) is 0 Å². The number of anilines is 1. The van der Waals surface area contributed by atoms with Crippen LogP contribution in [0.15, 0.2) is 24.3 Å². The molecule has 2 N–H and O–H groups in total. The third-order valence-electron chi connectivity index (χ3n) is 3.45. The monoisotopic (exact) mass is 309 g/mol. The van der Waals surface area contributed by atoms with E-state index in [1.54, 1.807) is 11.3 Å². The number of nitrogens with two attached hydrogens (primary N) is 1. The molecule has 20 heavy (non-hydrogen) atoms. The third-order valence-corrected chi connectivity index (χ3v) is 5.13. The molecule has 0 aliphatic carbocycles. The Hall–Kier alpha value is -1.10. The normalized spacial score (nSPS) is 14.1. The summed E-state index contributed by atoms with van der Waals surface area (Å²) in [7, 11) is 2.05. The molecule has 108 valence electrons. The number of rotatable bonds is 4. The summed E-state index contributed by atoms with van der Waals surface area (Å²) < 4.78 is 0. The van der Waals surface area contributed by atoms with Crippen LogP contribution in [-0.4, -0.2) is 12.0 Å². The average molecular weight is 310 g/mol. The lowest BCUT2D eigenvalue weighted by Gasteiger charge is -2.24. The Morgan fingerprint density at radius 1 is 1.35 bits per heavy atom. The molecule has 0 spiro atoms. The molecule has 0 amide bonds. The highest BCUT2D eigenvalue weighted by molar-refractivity contribution is 7.15. The molecule has 0 saturated carbocycles. The quantitative estimate of drug-likeness (QED) is 0.914. The summed E-state index contributed by atoms with van der Waals surface area (Å²) in [5.74, 6) is 0. The molecule has 1 aromatic heterocycles. The van der Waals surface area contributed by atoms with Crippen molar-refractivity contribution < 1.29 is 0 Å². The Morgan fingerprint density at radius 3 is 2.60 bits per heavy atom. The molecule has 2 aromatic rings. The van der Waals surface area contributed by atoms with Crippen LogP contribution in [0, 0.1) is 6.92 Å². The van der Waals surface area contributed by atoms with Crippen molar-refractivity contribution in [2.75, 3.05) is 11.9 Å². The smallest absolute Gasteiger partial charge is 0.186 e. The van der Waals surface area contributed by atoms with Crippen LogP contribution in [0.1, 0.15) is 42.1 Å². The number of aryl methyl sites for hydroxylation is 1. The van der Waals surface area contributed by atoms with Crippen molar-refractivity contribution in [3.05, 3.63) is 45.4 Å². The van der Waals surface area contributed by atoms with Crippen LogP contribution in [0.25, 0.3) is 0 Å². The number of halogens is 1. The number of thiazole rings is 1. The summed E-state index contributed by atoms with van der Waals surface area (Å²) in [5, 5.41) is 1.75. The fraction of sp³-hybridized carbons (Fsp3) is 0.400. The molecule has 5 heteroatoms. The summed E-state index contributed by atoms with van der Waals surface area (Å²) in [6, 6.07) is 8.17. The Morgan fingerprint density at radius 2 is 2.05 bits per heavy atom. The van der Waals surface area contributed by atoms with E-state index >= 15 is 0 Å². The minimum atomic E-state index is 0.0242. The summed E-state index contributed by atoms with van der Waals surface area (Å²) in [5.41, 5.74) is 8.16. The van der Waals surface area contributed by atoms with Gasteiger partial charge in [0.05, 0.1) is 11.7 Å². The van der Waals surface area contributed by atoms with Crippen LogP contribution in [0.5, 0.6) is 0 Å². The molecule has 0 radical (unpaired) electrons. The van der Waals surface area contributed by atoms with Gasteiger partial charge < -0.3 is 10.6 Å². The molecule has 3 nitrogen and oxygen atoms in total. The van der Waals surface area contributed by atoms with Crippen molar-refractivity contribution in [3.63, 3.8) is 0 Å². The van der Waals surface area contributed by atoms with E-state index in [-0.39, 0.29) is 12.1 Å². The van der Waals surface area contributed by atoms with Gasteiger partial charge in [0, 0.05) is 23.0 Å². The van der Waals surface area contributed by atoms with Gasteiger partial charge in [-0.1, -0.05) is 23.7 Å². The van der Waals surface area contributed by atoms with Gasteiger partial charge in [0.1, 0.15) is 0 Å². The lowest BCUT2D eigenvalue weighted by molar-refractivity contribution is 0.735. The van der Waals surface area contributed by atoms with Crippen molar-refractivity contribution in [3.8, 4) is 0 Å². The van der Waals surface area contributed by atoms with Crippen molar-refractivity contribution >= 4 is 28.1 Å². The van der Waals surface area contributed by atoms with Gasteiger partial charge in [0.25, 0.3) is 0 Å². The van der Waals surface area contributed by atoms with Crippen LogP contribution in [0.4, 0.5) is 5.13 Å². The van der Waals surface area contributed by atoms with Gasteiger partial charge in [-0.15, -0.1) is 11.3 Å². The second kappa shape index (κ2) is 6.12. The molecular formula is C15H20ClN3S. The zero-order valence-corrected chi connectivity index (χ0v) is 13.8. The van der Waals surface area contributed by atoms with E-state index in [4.69, 9.17) is 17.3 Å². The lowest BCUT2D eigenvalue weighted by Crippen LogP contribution is -2.21. The van der Waals surface area contributed by atoms with Gasteiger partial charge in [-0.25, -0.2) is 4.98 Å². The van der Waals surface area contributed by atoms with Gasteiger partial charge in [-0.2, -0.15) is 0 Å². The van der Waals surface area contributed by atoms with Crippen LogP contribution in [0.2, 0.25) is 5.02 Å². The lowest BCUT2D eigenvalue weighted by atomic mass is 10.1. The topological polar surface area (TPSA) is 42.2 Å². The number of aromatic nitrogens is 1. The van der Waals surface area contributed by atoms with E-state index in [1.807, 2.05) is 32.0 Å². The first-order valence-corrected chi connectivity index (χ1v) is 7.80. The van der Waals surface area contributed by atoms with Gasteiger partial charge in [0.15, 0.2) is 5.13 Å². The van der Waals surface area contributed by atoms with E-state index < -0.39 is 0 Å². The van der Waals surface area contributed by atoms with E-state index in [0.717, 1.165) is 20.7 Å². The van der Waals surface area contributed by atoms with E-state index in [9.17, 15) is 0 Å². The molecular weight excluding hydrogens is 290 g/mol. The highest BCUT2D eigenvalue weighted by Crippen LogP contribution is 2.33. The Balaban J connectivity index is 2.26. The number of hydrogen-bond acceptors (Lipinski definition) is 4. The maximum Gasteiger partial charge on any atom is 0.186 e. The molecule has 0 saturated heterocycles. The molecule has 0 aliphatic heterocycles. The van der Waals surface area contributed by atoms with Gasteiger partial charge in [-0.05, 0) is 38.5 Å². The molecule has 2 atom stereocenters. The zero-order valence-electron chi connectivity index (χ0n) is 12.2. The highest BCUT2D eigenvalue weighted by atomic mass is 35.5. The van der Waals surface area contributed by atoms with E-state index in [0.29, 0.717) is 0 Å². The minimum absolute atomic E-state index is 0.0242. The Labute approximate surface area is 129 Å². The Bertz CT molecular complexity index is 595. The maximum atomic E-state index is 6.06. The maximum absolute atomic E-state index is 6.06. The van der Waals surface area contributed by atoms with Crippen LogP contribution < -0.4 is 10.6 Å². The van der Waals surface area contributed by atoms with E-state index in [1.165, 1.54) is 5.56 Å². The van der Waals surface area contributed by atoms with Crippen LogP contribution in [0.3, 0.4) is 0 Å². The largest absolute Gasteiger partial charge is 0.344 e. The second-order valence-corrected chi connectivity index (χ2v) is 6.52. The predicted octanol–water partition coefficient (Wildman–Crippen LogP) is 4.32. The standard InChI is InChI=1S/C15H20ClN3S/c1-9(17)14-10(2)18-15(20-14)19(4)11(3)12-6-5-7-13(16)8-12/h5-9,11H,17H2,1-4H3. The second-order valence-electron chi connectivity index (χ2n) is 5.08. The molecule has 2 unspecified atom stereocenters. The van der Waals surface area contributed by atoms with Crippen LogP contribution in [-0.2, 0) is 0 Å². The molecule has 1 heterocycles. The van der Waals surface area contributed by atoms with Crippen molar-refractivity contribution in [1.29, 1.82) is 0 Å². The highest BCUT2D eigenvalue weighted by Gasteiger charge is 2.18.